The van der Waals surface area contributed by atoms with E-state index in [1.165, 1.54) is 0 Å². The van der Waals surface area contributed by atoms with E-state index in [4.69, 9.17) is 9.47 Å². The monoisotopic (exact) mass is 358 g/mol. The minimum Gasteiger partial charge on any atom is -0.382 e. The lowest BCUT2D eigenvalue weighted by molar-refractivity contribution is -0.126. The molecule has 0 fully saturated rings. The van der Waals surface area contributed by atoms with E-state index in [9.17, 15) is 13.2 Å². The molecule has 2 N–H and O–H groups in total. The second kappa shape index (κ2) is 10.4. The molecule has 1 aromatic rings. The molecule has 1 rings (SSSR count). The first-order valence-electron chi connectivity index (χ1n) is 7.73. The van der Waals surface area contributed by atoms with Crippen LogP contribution >= 0.6 is 0 Å². The molecule has 0 aliphatic rings. The van der Waals surface area contributed by atoms with Gasteiger partial charge < -0.3 is 14.8 Å². The number of hydrogen-bond donors (Lipinski definition) is 2. The number of sulfonamides is 1. The standard InChI is InChI=1S/C16H26N2O5S/c1-13(2)18-24(20,21)12-15-6-4-14(5-7-15)10-17-16(19)11-23-9-8-22-3/h4-7,13,18H,8-12H2,1-3H3,(H,17,19). The predicted octanol–water partition coefficient (Wildman–Crippen LogP) is 0.794. The normalized spacial score (nSPS) is 11.7. The zero-order valence-corrected chi connectivity index (χ0v) is 15.2. The van der Waals surface area contributed by atoms with Gasteiger partial charge in [0, 0.05) is 19.7 Å². The lowest BCUT2D eigenvalue weighted by Gasteiger charge is -2.10. The number of amides is 1. The molecule has 1 amide bonds. The Morgan fingerprint density at radius 3 is 2.33 bits per heavy atom. The molecule has 8 heteroatoms. The average molecular weight is 358 g/mol. The maximum atomic E-state index is 11.9. The molecule has 1 aromatic carbocycles. The molecule has 0 saturated heterocycles. The van der Waals surface area contributed by atoms with Gasteiger partial charge in [-0.2, -0.15) is 0 Å². The Bertz CT molecular complexity index is 599. The molecule has 136 valence electrons. The molecule has 7 nitrogen and oxygen atoms in total. The Kier molecular flexibility index (Phi) is 8.91. The molecule has 0 saturated carbocycles. The van der Waals surface area contributed by atoms with Crippen molar-refractivity contribution >= 4 is 15.9 Å². The molecule has 0 bridgehead atoms. The van der Waals surface area contributed by atoms with Crippen LogP contribution in [0.5, 0.6) is 0 Å². The van der Waals surface area contributed by atoms with Gasteiger partial charge in [-0.3, -0.25) is 4.79 Å². The summed E-state index contributed by atoms with van der Waals surface area (Å²) in [6.07, 6.45) is 0. The number of nitrogens with one attached hydrogen (secondary N) is 2. The van der Waals surface area contributed by atoms with Crippen LogP contribution in [0.4, 0.5) is 0 Å². The molecule has 0 heterocycles. The molecule has 0 aliphatic heterocycles. The molecule has 0 spiro atoms. The molecular weight excluding hydrogens is 332 g/mol. The second-order valence-electron chi connectivity index (χ2n) is 5.67. The fourth-order valence-electron chi connectivity index (χ4n) is 1.93. The van der Waals surface area contributed by atoms with Crippen LogP contribution in [0.1, 0.15) is 25.0 Å². The van der Waals surface area contributed by atoms with Crippen molar-refractivity contribution < 1.29 is 22.7 Å². The van der Waals surface area contributed by atoms with Gasteiger partial charge in [-0.25, -0.2) is 13.1 Å². The highest BCUT2D eigenvalue weighted by atomic mass is 32.2. The fraction of sp³-hybridized carbons (Fsp3) is 0.562. The zero-order valence-electron chi connectivity index (χ0n) is 14.4. The van der Waals surface area contributed by atoms with Crippen molar-refractivity contribution in [3.05, 3.63) is 35.4 Å². The summed E-state index contributed by atoms with van der Waals surface area (Å²) in [6.45, 7) is 4.73. The van der Waals surface area contributed by atoms with Crippen LogP contribution in [-0.2, 0) is 36.6 Å². The van der Waals surface area contributed by atoms with Crippen LogP contribution in [0.2, 0.25) is 0 Å². The number of ether oxygens (including phenoxy) is 2. The van der Waals surface area contributed by atoms with Crippen molar-refractivity contribution in [2.24, 2.45) is 0 Å². The number of hydrogen-bond acceptors (Lipinski definition) is 5. The van der Waals surface area contributed by atoms with Gasteiger partial charge >= 0.3 is 0 Å². The maximum Gasteiger partial charge on any atom is 0.246 e. The summed E-state index contributed by atoms with van der Waals surface area (Å²) < 4.78 is 36.2. The molecule has 0 radical (unpaired) electrons. The second-order valence-corrected chi connectivity index (χ2v) is 7.42. The lowest BCUT2D eigenvalue weighted by Crippen LogP contribution is -2.31. The summed E-state index contributed by atoms with van der Waals surface area (Å²) in [7, 11) is -1.77. The van der Waals surface area contributed by atoms with Gasteiger partial charge in [-0.1, -0.05) is 24.3 Å². The number of carbonyl (C=O) groups excluding carboxylic acids is 1. The number of carbonyl (C=O) groups is 1. The van der Waals surface area contributed by atoms with Crippen molar-refractivity contribution in [3.8, 4) is 0 Å². The average Bonchev–Trinajstić information content (AvgIpc) is 2.49. The Hall–Kier alpha value is -1.48. The largest absolute Gasteiger partial charge is 0.382 e. The summed E-state index contributed by atoms with van der Waals surface area (Å²) in [4.78, 5) is 11.6. The summed E-state index contributed by atoms with van der Waals surface area (Å²) in [5, 5.41) is 2.73. The van der Waals surface area contributed by atoms with Crippen molar-refractivity contribution in [1.82, 2.24) is 10.0 Å². The highest BCUT2D eigenvalue weighted by molar-refractivity contribution is 7.88. The molecule has 24 heavy (non-hydrogen) atoms. The van der Waals surface area contributed by atoms with E-state index in [0.29, 0.717) is 25.3 Å². The van der Waals surface area contributed by atoms with Crippen LogP contribution in [0, 0.1) is 0 Å². The first-order chi connectivity index (χ1) is 11.3. The van der Waals surface area contributed by atoms with Gasteiger partial charge in [-0.15, -0.1) is 0 Å². The van der Waals surface area contributed by atoms with Gasteiger partial charge in [0.15, 0.2) is 0 Å². The smallest absolute Gasteiger partial charge is 0.246 e. The minimum atomic E-state index is -3.33. The predicted molar refractivity (Wildman–Crippen MR) is 91.9 cm³/mol. The maximum absolute atomic E-state index is 11.9. The Labute approximate surface area is 143 Å². The van der Waals surface area contributed by atoms with Crippen molar-refractivity contribution in [2.75, 3.05) is 26.9 Å². The third kappa shape index (κ3) is 8.97. The number of rotatable bonds is 11. The minimum absolute atomic E-state index is 0.0133. The third-order valence-corrected chi connectivity index (χ3v) is 4.49. The van der Waals surface area contributed by atoms with Crippen LogP contribution in [0.3, 0.4) is 0 Å². The van der Waals surface area contributed by atoms with E-state index in [-0.39, 0.29) is 24.3 Å². The molecule has 0 aliphatic carbocycles. The van der Waals surface area contributed by atoms with E-state index in [1.807, 2.05) is 0 Å². The van der Waals surface area contributed by atoms with E-state index in [2.05, 4.69) is 10.0 Å². The van der Waals surface area contributed by atoms with Crippen molar-refractivity contribution in [1.29, 1.82) is 0 Å². The Balaban J connectivity index is 2.41. The Morgan fingerprint density at radius 1 is 1.12 bits per heavy atom. The summed E-state index contributed by atoms with van der Waals surface area (Å²) in [6, 6.07) is 6.96. The van der Waals surface area contributed by atoms with Gasteiger partial charge in [0.25, 0.3) is 0 Å². The first kappa shape index (κ1) is 20.6. The molecule has 0 aromatic heterocycles. The zero-order chi connectivity index (χ0) is 18.0. The van der Waals surface area contributed by atoms with Gasteiger partial charge in [-0.05, 0) is 25.0 Å². The highest BCUT2D eigenvalue weighted by Gasteiger charge is 2.12. The summed E-state index contributed by atoms with van der Waals surface area (Å²) >= 11 is 0. The number of benzene rings is 1. The fourth-order valence-corrected chi connectivity index (χ4v) is 3.37. The molecular formula is C16H26N2O5S. The topological polar surface area (TPSA) is 93.7 Å². The van der Waals surface area contributed by atoms with Crippen molar-refractivity contribution in [2.45, 2.75) is 32.2 Å². The third-order valence-electron chi connectivity index (χ3n) is 2.95. The van der Waals surface area contributed by atoms with Crippen LogP contribution in [0.25, 0.3) is 0 Å². The van der Waals surface area contributed by atoms with Gasteiger partial charge in [0.1, 0.15) is 6.61 Å². The first-order valence-corrected chi connectivity index (χ1v) is 9.39. The van der Waals surface area contributed by atoms with E-state index < -0.39 is 10.0 Å². The van der Waals surface area contributed by atoms with Crippen LogP contribution in [-0.4, -0.2) is 47.3 Å². The van der Waals surface area contributed by atoms with E-state index in [0.717, 1.165) is 5.56 Å². The Morgan fingerprint density at radius 2 is 1.75 bits per heavy atom. The van der Waals surface area contributed by atoms with Gasteiger partial charge in [0.05, 0.1) is 19.0 Å². The van der Waals surface area contributed by atoms with Crippen LogP contribution < -0.4 is 10.0 Å². The van der Waals surface area contributed by atoms with Crippen molar-refractivity contribution in [3.63, 3.8) is 0 Å². The highest BCUT2D eigenvalue weighted by Crippen LogP contribution is 2.08. The SMILES string of the molecule is COCCOCC(=O)NCc1ccc(CS(=O)(=O)NC(C)C)cc1. The van der Waals surface area contributed by atoms with Crippen LogP contribution in [0.15, 0.2) is 24.3 Å². The molecule has 0 atom stereocenters. The lowest BCUT2D eigenvalue weighted by atomic mass is 10.1. The van der Waals surface area contributed by atoms with E-state index >= 15 is 0 Å². The van der Waals surface area contributed by atoms with E-state index in [1.54, 1.807) is 45.2 Å². The summed E-state index contributed by atoms with van der Waals surface area (Å²) in [5.74, 6) is -0.274. The number of methoxy groups -OCH3 is 1. The van der Waals surface area contributed by atoms with Gasteiger partial charge in [0.2, 0.25) is 15.9 Å². The quantitative estimate of drug-likeness (QED) is 0.571. The summed E-state index contributed by atoms with van der Waals surface area (Å²) in [5.41, 5.74) is 1.58. The molecule has 0 unspecified atom stereocenters.